The van der Waals surface area contributed by atoms with E-state index in [1.165, 1.54) is 24.3 Å². The molecule has 0 radical (unpaired) electrons. The van der Waals surface area contributed by atoms with Crippen molar-refractivity contribution >= 4 is 23.2 Å². The van der Waals surface area contributed by atoms with Crippen LogP contribution in [-0.2, 0) is 9.59 Å². The lowest BCUT2D eigenvalue weighted by atomic mass is 10.1. The maximum Gasteiger partial charge on any atom is 0.329 e. The summed E-state index contributed by atoms with van der Waals surface area (Å²) in [5, 5.41) is 6.32. The molecule has 2 aromatic carbocycles. The molecule has 2 N–H and O–H groups in total. The molecule has 0 unspecified atom stereocenters. The molecule has 7 heteroatoms. The number of anilines is 1. The molecule has 0 aliphatic heterocycles. The van der Waals surface area contributed by atoms with E-state index in [1.807, 2.05) is 6.92 Å². The van der Waals surface area contributed by atoms with E-state index in [2.05, 4.69) is 15.8 Å². The second-order valence-corrected chi connectivity index (χ2v) is 5.03. The van der Waals surface area contributed by atoms with E-state index < -0.39 is 11.8 Å². The Hall–Kier alpha value is -3.22. The number of rotatable bonds is 5. The van der Waals surface area contributed by atoms with Crippen LogP contribution < -0.4 is 15.5 Å². The zero-order chi connectivity index (χ0) is 18.2. The van der Waals surface area contributed by atoms with Crippen molar-refractivity contribution < 1.29 is 18.7 Å². The third-order valence-electron chi connectivity index (χ3n) is 3.23. The van der Waals surface area contributed by atoms with Crippen LogP contribution in [0, 0.1) is 5.82 Å². The van der Waals surface area contributed by atoms with Gasteiger partial charge in [0, 0.05) is 0 Å². The minimum Gasteiger partial charge on any atom is -0.492 e. The summed E-state index contributed by atoms with van der Waals surface area (Å²) in [7, 11) is 0. The zero-order valence-corrected chi connectivity index (χ0v) is 13.9. The fourth-order valence-corrected chi connectivity index (χ4v) is 1.97. The van der Waals surface area contributed by atoms with Crippen molar-refractivity contribution in [1.29, 1.82) is 0 Å². The number of carbonyl (C=O) groups excluding carboxylic acids is 2. The van der Waals surface area contributed by atoms with E-state index in [-0.39, 0.29) is 5.82 Å². The number of benzene rings is 2. The molecule has 0 aliphatic rings. The number of nitrogens with one attached hydrogen (secondary N) is 2. The molecule has 130 valence electrons. The molecule has 0 saturated heterocycles. The first-order valence-corrected chi connectivity index (χ1v) is 7.64. The van der Waals surface area contributed by atoms with Crippen LogP contribution in [0.5, 0.6) is 5.75 Å². The lowest BCUT2D eigenvalue weighted by Crippen LogP contribution is -2.33. The van der Waals surface area contributed by atoms with Crippen LogP contribution >= 0.6 is 0 Å². The number of ether oxygens (including phenoxy) is 1. The van der Waals surface area contributed by atoms with Gasteiger partial charge in [0.15, 0.2) is 0 Å². The van der Waals surface area contributed by atoms with Crippen LogP contribution in [0.2, 0.25) is 0 Å². The number of amides is 2. The van der Waals surface area contributed by atoms with E-state index in [0.29, 0.717) is 29.3 Å². The van der Waals surface area contributed by atoms with Crippen molar-refractivity contribution in [3.63, 3.8) is 0 Å². The number of nitrogens with zero attached hydrogens (tertiary/aromatic N) is 1. The van der Waals surface area contributed by atoms with E-state index in [0.717, 1.165) is 0 Å². The number of hydrazone groups is 1. The van der Waals surface area contributed by atoms with Gasteiger partial charge in [0.1, 0.15) is 11.6 Å². The predicted molar refractivity (Wildman–Crippen MR) is 93.0 cm³/mol. The third-order valence-corrected chi connectivity index (χ3v) is 3.23. The first-order valence-electron chi connectivity index (χ1n) is 7.64. The van der Waals surface area contributed by atoms with E-state index >= 15 is 0 Å². The molecule has 0 aliphatic carbocycles. The Bertz CT molecular complexity index is 788. The van der Waals surface area contributed by atoms with Gasteiger partial charge in [-0.05, 0) is 43.7 Å². The third kappa shape index (κ3) is 5.13. The minimum absolute atomic E-state index is 0.368. The number of hydrogen-bond donors (Lipinski definition) is 2. The number of carbonyl (C=O) groups is 2. The second-order valence-electron chi connectivity index (χ2n) is 5.03. The van der Waals surface area contributed by atoms with Gasteiger partial charge in [0.05, 0.1) is 18.0 Å². The SMILES string of the molecule is CCOc1ccccc1NC(=O)C(=O)N/N=C(\C)c1ccc(F)cc1. The quantitative estimate of drug-likeness (QED) is 0.498. The van der Waals surface area contributed by atoms with Crippen LogP contribution in [0.15, 0.2) is 53.6 Å². The molecule has 0 atom stereocenters. The highest BCUT2D eigenvalue weighted by molar-refractivity contribution is 6.39. The number of hydrogen-bond acceptors (Lipinski definition) is 4. The summed E-state index contributed by atoms with van der Waals surface area (Å²) >= 11 is 0. The van der Waals surface area contributed by atoms with Gasteiger partial charge in [-0.15, -0.1) is 0 Å². The summed E-state index contributed by atoms with van der Waals surface area (Å²) in [6.07, 6.45) is 0. The molecule has 0 bridgehead atoms. The molecular weight excluding hydrogens is 325 g/mol. The van der Waals surface area contributed by atoms with Crippen LogP contribution in [0.25, 0.3) is 0 Å². The van der Waals surface area contributed by atoms with Crippen molar-refractivity contribution in [2.24, 2.45) is 5.10 Å². The molecule has 0 saturated carbocycles. The van der Waals surface area contributed by atoms with Gasteiger partial charge >= 0.3 is 11.8 Å². The summed E-state index contributed by atoms with van der Waals surface area (Å²) in [5.74, 6) is -1.69. The average molecular weight is 343 g/mol. The number of para-hydroxylation sites is 2. The zero-order valence-electron chi connectivity index (χ0n) is 13.9. The minimum atomic E-state index is -0.923. The fourth-order valence-electron chi connectivity index (χ4n) is 1.97. The molecule has 0 spiro atoms. The van der Waals surface area contributed by atoms with Gasteiger partial charge in [-0.3, -0.25) is 9.59 Å². The molecule has 25 heavy (non-hydrogen) atoms. The molecule has 2 rings (SSSR count). The predicted octanol–water partition coefficient (Wildman–Crippen LogP) is 2.70. The summed E-state index contributed by atoms with van der Waals surface area (Å²) in [6, 6.07) is 12.4. The molecule has 6 nitrogen and oxygen atoms in total. The fraction of sp³-hybridized carbons (Fsp3) is 0.167. The summed E-state index contributed by atoms with van der Waals surface area (Å²) in [4.78, 5) is 23.8. The van der Waals surface area contributed by atoms with Crippen molar-refractivity contribution in [3.8, 4) is 5.75 Å². The second kappa shape index (κ2) is 8.58. The van der Waals surface area contributed by atoms with Gasteiger partial charge in [0.2, 0.25) is 0 Å². The van der Waals surface area contributed by atoms with Crippen molar-refractivity contribution in [1.82, 2.24) is 5.43 Å². The molecule has 0 heterocycles. The van der Waals surface area contributed by atoms with E-state index in [9.17, 15) is 14.0 Å². The highest BCUT2D eigenvalue weighted by atomic mass is 19.1. The Kier molecular flexibility index (Phi) is 6.22. The smallest absolute Gasteiger partial charge is 0.329 e. The van der Waals surface area contributed by atoms with E-state index in [1.54, 1.807) is 31.2 Å². The molecule has 2 aromatic rings. The van der Waals surface area contributed by atoms with Gasteiger partial charge in [-0.2, -0.15) is 5.10 Å². The first kappa shape index (κ1) is 18.1. The van der Waals surface area contributed by atoms with Crippen LogP contribution in [0.4, 0.5) is 10.1 Å². The Morgan fingerprint density at radius 1 is 1.08 bits per heavy atom. The number of halogens is 1. The standard InChI is InChI=1S/C18H18FN3O3/c1-3-25-16-7-5-4-6-15(16)20-17(23)18(24)22-21-12(2)13-8-10-14(19)11-9-13/h4-11H,3H2,1-2H3,(H,20,23)(H,22,24)/b21-12+. The van der Waals surface area contributed by atoms with E-state index in [4.69, 9.17) is 4.74 Å². The Balaban J connectivity index is 2.00. The lowest BCUT2D eigenvalue weighted by Gasteiger charge is -2.10. The van der Waals surface area contributed by atoms with Crippen LogP contribution in [0.1, 0.15) is 19.4 Å². The van der Waals surface area contributed by atoms with Crippen molar-refractivity contribution in [3.05, 3.63) is 59.9 Å². The van der Waals surface area contributed by atoms with Crippen LogP contribution in [-0.4, -0.2) is 24.1 Å². The maximum atomic E-state index is 12.9. The molecular formula is C18H18FN3O3. The van der Waals surface area contributed by atoms with Gasteiger partial charge in [0.25, 0.3) is 0 Å². The monoisotopic (exact) mass is 343 g/mol. The highest BCUT2D eigenvalue weighted by Gasteiger charge is 2.15. The van der Waals surface area contributed by atoms with Gasteiger partial charge in [-0.25, -0.2) is 9.82 Å². The van der Waals surface area contributed by atoms with Gasteiger partial charge < -0.3 is 10.1 Å². The summed E-state index contributed by atoms with van der Waals surface area (Å²) < 4.78 is 18.3. The van der Waals surface area contributed by atoms with Gasteiger partial charge in [-0.1, -0.05) is 24.3 Å². The van der Waals surface area contributed by atoms with Crippen molar-refractivity contribution in [2.75, 3.05) is 11.9 Å². The summed E-state index contributed by atoms with van der Waals surface area (Å²) in [6.45, 7) is 3.88. The average Bonchev–Trinajstić information content (AvgIpc) is 2.61. The Morgan fingerprint density at radius 3 is 2.44 bits per heavy atom. The lowest BCUT2D eigenvalue weighted by molar-refractivity contribution is -0.136. The molecule has 2 amide bonds. The summed E-state index contributed by atoms with van der Waals surface area (Å²) in [5.41, 5.74) is 3.63. The first-order chi connectivity index (χ1) is 12.0. The highest BCUT2D eigenvalue weighted by Crippen LogP contribution is 2.23. The normalized spacial score (nSPS) is 10.9. The Labute approximate surface area is 144 Å². The Morgan fingerprint density at radius 2 is 1.76 bits per heavy atom. The van der Waals surface area contributed by atoms with Crippen molar-refractivity contribution in [2.45, 2.75) is 13.8 Å². The largest absolute Gasteiger partial charge is 0.492 e. The molecule has 0 fully saturated rings. The van der Waals surface area contributed by atoms with Crippen LogP contribution in [0.3, 0.4) is 0 Å². The maximum absolute atomic E-state index is 12.9. The molecule has 0 aromatic heterocycles. The topological polar surface area (TPSA) is 79.8 Å².